The summed E-state index contributed by atoms with van der Waals surface area (Å²) in [5, 5.41) is 2.92. The van der Waals surface area contributed by atoms with E-state index in [9.17, 15) is 4.79 Å². The normalized spacial score (nSPS) is 29.9. The second-order valence-electron chi connectivity index (χ2n) is 6.84. The molecule has 0 aromatic heterocycles. The molecule has 2 rings (SSSR count). The molecule has 1 amide bonds. The van der Waals surface area contributed by atoms with E-state index in [4.69, 9.17) is 10.5 Å². The molecule has 2 aliphatic rings. The Kier molecular flexibility index (Phi) is 4.48. The number of morpholine rings is 1. The summed E-state index contributed by atoms with van der Waals surface area (Å²) in [6.07, 6.45) is 2.61. The van der Waals surface area contributed by atoms with Crippen LogP contribution in [0.4, 0.5) is 0 Å². The molecule has 2 fully saturated rings. The quantitative estimate of drug-likeness (QED) is 0.775. The molecule has 3 atom stereocenters. The maximum atomic E-state index is 12.0. The lowest BCUT2D eigenvalue weighted by Crippen LogP contribution is -2.53. The fourth-order valence-electron chi connectivity index (χ4n) is 2.73. The third-order valence-corrected chi connectivity index (χ3v) is 4.18. The Hall–Kier alpha value is -0.650. The van der Waals surface area contributed by atoms with Gasteiger partial charge < -0.3 is 15.8 Å². The molecule has 2 saturated heterocycles. The van der Waals surface area contributed by atoms with Gasteiger partial charge in [0.1, 0.15) is 0 Å². The van der Waals surface area contributed by atoms with Crippen molar-refractivity contribution in [3.8, 4) is 0 Å². The molecule has 0 aromatic carbocycles. The van der Waals surface area contributed by atoms with Crippen LogP contribution in [0.25, 0.3) is 0 Å². The van der Waals surface area contributed by atoms with Gasteiger partial charge in [-0.25, -0.2) is 0 Å². The molecule has 0 saturated carbocycles. The van der Waals surface area contributed by atoms with Crippen molar-refractivity contribution < 1.29 is 9.53 Å². The SMILES string of the molecule is CC(C)(C)C(N)C(=O)NCC1CN2CCCC2CO1. The summed E-state index contributed by atoms with van der Waals surface area (Å²) in [4.78, 5) is 14.4. The molecule has 19 heavy (non-hydrogen) atoms. The number of nitrogens with zero attached hydrogens (tertiary/aromatic N) is 1. The Morgan fingerprint density at radius 3 is 2.95 bits per heavy atom. The molecule has 0 bridgehead atoms. The number of nitrogens with one attached hydrogen (secondary N) is 1. The monoisotopic (exact) mass is 269 g/mol. The van der Waals surface area contributed by atoms with Crippen LogP contribution in [0.2, 0.25) is 0 Å². The third-order valence-electron chi connectivity index (χ3n) is 4.18. The van der Waals surface area contributed by atoms with Gasteiger partial charge in [0.05, 0.1) is 18.8 Å². The third kappa shape index (κ3) is 3.68. The second kappa shape index (κ2) is 5.77. The zero-order chi connectivity index (χ0) is 14.0. The molecule has 5 heteroatoms. The first-order valence-electron chi connectivity index (χ1n) is 7.27. The number of ether oxygens (including phenoxy) is 1. The average Bonchev–Trinajstić information content (AvgIpc) is 2.81. The number of rotatable bonds is 3. The predicted octanol–water partition coefficient (Wildman–Crippen LogP) is 0.339. The molecule has 3 unspecified atom stereocenters. The van der Waals surface area contributed by atoms with Crippen molar-refractivity contribution in [2.24, 2.45) is 11.1 Å². The molecule has 0 aliphatic carbocycles. The summed E-state index contributed by atoms with van der Waals surface area (Å²) in [7, 11) is 0. The Labute approximate surface area is 115 Å². The number of fused-ring (bicyclic) bond motifs is 1. The minimum absolute atomic E-state index is 0.0837. The van der Waals surface area contributed by atoms with E-state index < -0.39 is 6.04 Å². The van der Waals surface area contributed by atoms with Crippen molar-refractivity contribution in [3.63, 3.8) is 0 Å². The van der Waals surface area contributed by atoms with Crippen LogP contribution in [-0.2, 0) is 9.53 Å². The van der Waals surface area contributed by atoms with Gasteiger partial charge in [0.15, 0.2) is 0 Å². The van der Waals surface area contributed by atoms with Crippen molar-refractivity contribution in [3.05, 3.63) is 0 Å². The highest BCUT2D eigenvalue weighted by Crippen LogP contribution is 2.22. The second-order valence-corrected chi connectivity index (χ2v) is 6.84. The highest BCUT2D eigenvalue weighted by atomic mass is 16.5. The fraction of sp³-hybridized carbons (Fsp3) is 0.929. The fourth-order valence-corrected chi connectivity index (χ4v) is 2.73. The first-order valence-corrected chi connectivity index (χ1v) is 7.27. The predicted molar refractivity (Wildman–Crippen MR) is 74.8 cm³/mol. The Morgan fingerprint density at radius 1 is 1.53 bits per heavy atom. The van der Waals surface area contributed by atoms with Crippen LogP contribution in [0, 0.1) is 5.41 Å². The molecule has 3 N–H and O–H groups in total. The van der Waals surface area contributed by atoms with Crippen molar-refractivity contribution in [1.82, 2.24) is 10.2 Å². The van der Waals surface area contributed by atoms with Crippen molar-refractivity contribution in [1.29, 1.82) is 0 Å². The summed E-state index contributed by atoms with van der Waals surface area (Å²) in [5.74, 6) is -0.0837. The van der Waals surface area contributed by atoms with Crippen LogP contribution in [-0.4, -0.2) is 55.2 Å². The minimum Gasteiger partial charge on any atom is -0.373 e. The molecule has 110 valence electrons. The van der Waals surface area contributed by atoms with Gasteiger partial charge in [0.25, 0.3) is 0 Å². The van der Waals surface area contributed by atoms with Crippen LogP contribution >= 0.6 is 0 Å². The minimum atomic E-state index is -0.476. The van der Waals surface area contributed by atoms with E-state index in [1.54, 1.807) is 0 Å². The van der Waals surface area contributed by atoms with Crippen LogP contribution in [0.15, 0.2) is 0 Å². The zero-order valence-electron chi connectivity index (χ0n) is 12.3. The van der Waals surface area contributed by atoms with Gasteiger partial charge in [-0.2, -0.15) is 0 Å². The van der Waals surface area contributed by atoms with Gasteiger partial charge in [-0.3, -0.25) is 9.69 Å². The maximum absolute atomic E-state index is 12.0. The summed E-state index contributed by atoms with van der Waals surface area (Å²) in [6.45, 7) is 9.38. The lowest BCUT2D eigenvalue weighted by atomic mass is 9.87. The summed E-state index contributed by atoms with van der Waals surface area (Å²) in [5.41, 5.74) is 5.72. The van der Waals surface area contributed by atoms with Crippen molar-refractivity contribution in [2.45, 2.75) is 51.8 Å². The average molecular weight is 269 g/mol. The van der Waals surface area contributed by atoms with Crippen molar-refractivity contribution >= 4 is 5.91 Å². The molecular weight excluding hydrogens is 242 g/mol. The Balaban J connectivity index is 1.75. The first kappa shape index (κ1) is 14.8. The summed E-state index contributed by atoms with van der Waals surface area (Å²) in [6, 6.07) is 0.124. The molecule has 2 aliphatic heterocycles. The van der Waals surface area contributed by atoms with Gasteiger partial charge in [0.2, 0.25) is 5.91 Å². The number of amides is 1. The molecule has 0 spiro atoms. The van der Waals surface area contributed by atoms with Gasteiger partial charge >= 0.3 is 0 Å². The van der Waals surface area contributed by atoms with Gasteiger partial charge in [-0.15, -0.1) is 0 Å². The number of carbonyl (C=O) groups excluding carboxylic acids is 1. The lowest BCUT2D eigenvalue weighted by Gasteiger charge is -2.35. The summed E-state index contributed by atoms with van der Waals surface area (Å²) >= 11 is 0. The van der Waals surface area contributed by atoms with E-state index in [2.05, 4.69) is 10.2 Å². The van der Waals surface area contributed by atoms with Crippen molar-refractivity contribution in [2.75, 3.05) is 26.2 Å². The molecule has 2 heterocycles. The lowest BCUT2D eigenvalue weighted by molar-refractivity contribution is -0.126. The van der Waals surface area contributed by atoms with E-state index in [1.807, 2.05) is 20.8 Å². The number of hydrogen-bond acceptors (Lipinski definition) is 4. The number of carbonyl (C=O) groups is 1. The largest absolute Gasteiger partial charge is 0.373 e. The maximum Gasteiger partial charge on any atom is 0.237 e. The smallest absolute Gasteiger partial charge is 0.237 e. The van der Waals surface area contributed by atoms with E-state index in [0.29, 0.717) is 12.6 Å². The van der Waals surface area contributed by atoms with Crippen LogP contribution in [0.5, 0.6) is 0 Å². The standard InChI is InChI=1S/C14H27N3O2/c1-14(2,3)12(15)13(18)16-7-11-8-17-6-4-5-10(17)9-19-11/h10-12H,4-9,15H2,1-3H3,(H,16,18). The molecule has 5 nitrogen and oxygen atoms in total. The molecule has 0 aromatic rings. The van der Waals surface area contributed by atoms with Crippen LogP contribution in [0.3, 0.4) is 0 Å². The zero-order valence-corrected chi connectivity index (χ0v) is 12.3. The molecular formula is C14H27N3O2. The van der Waals surface area contributed by atoms with E-state index in [-0.39, 0.29) is 17.4 Å². The van der Waals surface area contributed by atoms with E-state index >= 15 is 0 Å². The van der Waals surface area contributed by atoms with Gasteiger partial charge in [0, 0.05) is 19.1 Å². The van der Waals surface area contributed by atoms with E-state index in [0.717, 1.165) is 13.2 Å². The number of hydrogen-bond donors (Lipinski definition) is 2. The van der Waals surface area contributed by atoms with Crippen LogP contribution < -0.4 is 11.1 Å². The first-order chi connectivity index (χ1) is 8.88. The topological polar surface area (TPSA) is 67.6 Å². The van der Waals surface area contributed by atoms with E-state index in [1.165, 1.54) is 19.4 Å². The summed E-state index contributed by atoms with van der Waals surface area (Å²) < 4.78 is 5.81. The van der Waals surface area contributed by atoms with Gasteiger partial charge in [-0.05, 0) is 24.8 Å². The Bertz CT molecular complexity index is 327. The molecule has 0 radical (unpaired) electrons. The van der Waals surface area contributed by atoms with Crippen LogP contribution in [0.1, 0.15) is 33.6 Å². The highest BCUT2D eigenvalue weighted by molar-refractivity contribution is 5.82. The van der Waals surface area contributed by atoms with Gasteiger partial charge in [-0.1, -0.05) is 20.8 Å². The number of nitrogens with two attached hydrogens (primary N) is 1. The highest BCUT2D eigenvalue weighted by Gasteiger charge is 2.33. The Morgan fingerprint density at radius 2 is 2.26 bits per heavy atom.